The molecule has 24 heavy (non-hydrogen) atoms. The van der Waals surface area contributed by atoms with Gasteiger partial charge in [-0.3, -0.25) is 9.80 Å². The molecule has 0 saturated carbocycles. The molecule has 0 aromatic heterocycles. The topological polar surface area (TPSA) is 56.7 Å². The van der Waals surface area contributed by atoms with E-state index in [-0.39, 0.29) is 12.1 Å². The van der Waals surface area contributed by atoms with Crippen LogP contribution in [0, 0.1) is 0 Å². The second-order valence-corrected chi connectivity index (χ2v) is 6.91. The Morgan fingerprint density at radius 2 is 1.88 bits per heavy atom. The molecule has 0 fully saturated rings. The van der Waals surface area contributed by atoms with Crippen molar-refractivity contribution in [1.29, 1.82) is 0 Å². The average Bonchev–Trinajstić information content (AvgIpc) is 2.62. The molecule has 0 unspecified atom stereocenters. The first kappa shape index (κ1) is 15.1. The van der Waals surface area contributed by atoms with Crippen LogP contribution in [-0.2, 0) is 4.79 Å². The molecule has 2 aromatic carbocycles. The van der Waals surface area contributed by atoms with E-state index in [0.717, 1.165) is 22.6 Å². The molecule has 4 rings (SSSR count). The molecule has 1 amide bonds. The number of hydrogen-bond donors (Lipinski definition) is 2. The fourth-order valence-electron chi connectivity index (χ4n) is 3.13. The number of carbonyl (C=O) groups is 1. The van der Waals surface area contributed by atoms with E-state index in [9.17, 15) is 4.79 Å². The summed E-state index contributed by atoms with van der Waals surface area (Å²) < 4.78 is 0. The van der Waals surface area contributed by atoms with E-state index in [1.807, 2.05) is 54.4 Å². The fraction of sp³-hybridized carbons (Fsp3) is 0.222. The summed E-state index contributed by atoms with van der Waals surface area (Å²) in [5.41, 5.74) is 3.01. The van der Waals surface area contributed by atoms with Crippen LogP contribution in [0.1, 0.15) is 30.3 Å². The second-order valence-electron chi connectivity index (χ2n) is 5.65. The van der Waals surface area contributed by atoms with Gasteiger partial charge in [0, 0.05) is 11.3 Å². The van der Waals surface area contributed by atoms with Gasteiger partial charge < -0.3 is 10.6 Å². The van der Waals surface area contributed by atoms with Gasteiger partial charge in [0.25, 0.3) is 5.91 Å². The van der Waals surface area contributed by atoms with E-state index in [4.69, 9.17) is 5.10 Å². The van der Waals surface area contributed by atoms with Gasteiger partial charge in [0.1, 0.15) is 6.17 Å². The number of amides is 1. The van der Waals surface area contributed by atoms with Gasteiger partial charge >= 0.3 is 0 Å². The van der Waals surface area contributed by atoms with Crippen LogP contribution >= 0.6 is 11.8 Å². The summed E-state index contributed by atoms with van der Waals surface area (Å²) in [6.07, 6.45) is -0.176. The van der Waals surface area contributed by atoms with Crippen molar-refractivity contribution in [3.05, 3.63) is 65.7 Å². The van der Waals surface area contributed by atoms with Crippen molar-refractivity contribution in [2.24, 2.45) is 5.10 Å². The summed E-state index contributed by atoms with van der Waals surface area (Å²) in [7, 11) is 0. The zero-order valence-corrected chi connectivity index (χ0v) is 14.1. The van der Waals surface area contributed by atoms with Crippen molar-refractivity contribution < 1.29 is 4.79 Å². The first-order valence-electron chi connectivity index (χ1n) is 7.99. The Morgan fingerprint density at radius 1 is 1.12 bits per heavy atom. The number of carbonyl (C=O) groups excluding carboxylic acids is 1. The predicted octanol–water partition coefficient (Wildman–Crippen LogP) is 3.31. The van der Waals surface area contributed by atoms with Crippen molar-refractivity contribution in [2.75, 3.05) is 11.1 Å². The van der Waals surface area contributed by atoms with Crippen molar-refractivity contribution in [3.8, 4) is 0 Å². The lowest BCUT2D eigenvalue weighted by atomic mass is 9.97. The van der Waals surface area contributed by atoms with Crippen LogP contribution in [0.25, 0.3) is 0 Å². The average molecular weight is 338 g/mol. The highest BCUT2D eigenvalue weighted by atomic mass is 32.2. The summed E-state index contributed by atoms with van der Waals surface area (Å²) in [6, 6.07) is 17.6. The van der Waals surface area contributed by atoms with Crippen LogP contribution in [0.15, 0.2) is 59.7 Å². The van der Waals surface area contributed by atoms with Crippen LogP contribution in [0.2, 0.25) is 0 Å². The van der Waals surface area contributed by atoms with Gasteiger partial charge in [0.05, 0.1) is 0 Å². The molecule has 0 radical (unpaired) electrons. The number of rotatable bonds is 2. The minimum Gasteiger partial charge on any atom is -0.360 e. The molecular weight excluding hydrogens is 320 g/mol. The zero-order chi connectivity index (χ0) is 16.5. The predicted molar refractivity (Wildman–Crippen MR) is 97.5 cm³/mol. The first-order valence-corrected chi connectivity index (χ1v) is 8.97. The molecule has 122 valence electrons. The maximum absolute atomic E-state index is 12.8. The van der Waals surface area contributed by atoms with Gasteiger partial charge in [-0.25, -0.2) is 0 Å². The molecule has 0 saturated heterocycles. The summed E-state index contributed by atoms with van der Waals surface area (Å²) in [5.74, 6) is 0.827. The van der Waals surface area contributed by atoms with Crippen LogP contribution in [0.4, 0.5) is 5.69 Å². The van der Waals surface area contributed by atoms with Crippen molar-refractivity contribution in [1.82, 2.24) is 10.3 Å². The molecule has 2 atom stereocenters. The minimum absolute atomic E-state index is 0.0316. The Hall–Kier alpha value is -2.47. The molecule has 2 N–H and O–H groups in total. The third-order valence-electron chi connectivity index (χ3n) is 4.16. The third kappa shape index (κ3) is 2.53. The molecule has 5 nitrogen and oxygen atoms in total. The summed E-state index contributed by atoms with van der Waals surface area (Å²) in [5, 5.41) is 13.7. The molecular formula is C18H18N4OS. The molecule has 2 heterocycles. The van der Waals surface area contributed by atoms with Crippen molar-refractivity contribution in [3.63, 3.8) is 0 Å². The minimum atomic E-state index is -0.422. The van der Waals surface area contributed by atoms with Crippen LogP contribution < -0.4 is 10.6 Å². The Bertz CT molecular complexity index is 793. The van der Waals surface area contributed by atoms with Gasteiger partial charge in [-0.05, 0) is 17.4 Å². The second kappa shape index (κ2) is 6.20. The maximum atomic E-state index is 12.8. The van der Waals surface area contributed by atoms with Crippen molar-refractivity contribution in [2.45, 2.75) is 19.1 Å². The van der Waals surface area contributed by atoms with Gasteiger partial charge in [-0.1, -0.05) is 67.2 Å². The smallest absolute Gasteiger partial charge is 0.255 e. The third-order valence-corrected chi connectivity index (χ3v) is 4.90. The lowest BCUT2D eigenvalue weighted by Gasteiger charge is -2.43. The number of anilines is 1. The standard InChI is InChI=1S/C18H18N4OS/c1-2-24-18-20-17(23)15-13-10-6-7-11-14(13)19-16(22(15)21-18)12-8-4-3-5-9-12/h3-11,15-16,19H,2H2,1H3,(H,20,21,23)/t15-,16-/m0/s1. The number of amidine groups is 1. The number of fused-ring (bicyclic) bond motifs is 3. The largest absolute Gasteiger partial charge is 0.360 e. The van der Waals surface area contributed by atoms with Gasteiger partial charge in [0.2, 0.25) is 0 Å². The number of benzene rings is 2. The van der Waals surface area contributed by atoms with E-state index >= 15 is 0 Å². The molecule has 2 aliphatic heterocycles. The van der Waals surface area contributed by atoms with Crippen LogP contribution in [0.3, 0.4) is 0 Å². The number of nitrogens with zero attached hydrogens (tertiary/aromatic N) is 2. The normalized spacial score (nSPS) is 22.0. The SMILES string of the molecule is CCSC1=NN2[C@@H](c3ccccc3)Nc3ccccc3[C@H]2C(=O)N1. The molecule has 2 aromatic rings. The molecule has 2 aliphatic rings. The Balaban J connectivity index is 1.83. The molecule has 6 heteroatoms. The monoisotopic (exact) mass is 338 g/mol. The Labute approximate surface area is 145 Å². The first-order chi connectivity index (χ1) is 11.8. The van der Waals surface area contributed by atoms with Gasteiger partial charge in [0.15, 0.2) is 11.2 Å². The molecule has 0 spiro atoms. The summed E-state index contributed by atoms with van der Waals surface area (Å²) >= 11 is 1.54. The van der Waals surface area contributed by atoms with Crippen LogP contribution in [0.5, 0.6) is 0 Å². The zero-order valence-electron chi connectivity index (χ0n) is 13.3. The number of nitrogens with one attached hydrogen (secondary N) is 2. The lowest BCUT2D eigenvalue weighted by Crippen LogP contribution is -2.50. The Kier molecular flexibility index (Phi) is 3.90. The quantitative estimate of drug-likeness (QED) is 0.882. The highest BCUT2D eigenvalue weighted by molar-refractivity contribution is 8.13. The van der Waals surface area contributed by atoms with E-state index in [1.165, 1.54) is 11.8 Å². The number of thioether (sulfide) groups is 1. The highest BCUT2D eigenvalue weighted by Crippen LogP contribution is 2.42. The number of hydrogen-bond acceptors (Lipinski definition) is 5. The summed E-state index contributed by atoms with van der Waals surface area (Å²) in [4.78, 5) is 12.8. The number of para-hydroxylation sites is 1. The maximum Gasteiger partial charge on any atom is 0.255 e. The Morgan fingerprint density at radius 3 is 2.67 bits per heavy atom. The van der Waals surface area contributed by atoms with E-state index in [0.29, 0.717) is 5.17 Å². The van der Waals surface area contributed by atoms with E-state index < -0.39 is 6.04 Å². The van der Waals surface area contributed by atoms with E-state index in [2.05, 4.69) is 22.8 Å². The molecule has 0 aliphatic carbocycles. The van der Waals surface area contributed by atoms with Crippen molar-refractivity contribution >= 4 is 28.5 Å². The van der Waals surface area contributed by atoms with Crippen LogP contribution in [-0.4, -0.2) is 21.8 Å². The number of hydrazone groups is 1. The fourth-order valence-corrected chi connectivity index (χ4v) is 3.72. The highest BCUT2D eigenvalue weighted by Gasteiger charge is 2.41. The summed E-state index contributed by atoms with van der Waals surface area (Å²) in [6.45, 7) is 2.05. The molecule has 0 bridgehead atoms. The van der Waals surface area contributed by atoms with Gasteiger partial charge in [-0.2, -0.15) is 0 Å². The van der Waals surface area contributed by atoms with E-state index in [1.54, 1.807) is 0 Å². The van der Waals surface area contributed by atoms with Gasteiger partial charge in [-0.15, -0.1) is 5.10 Å². The lowest BCUT2D eigenvalue weighted by molar-refractivity contribution is -0.127.